The third-order valence-electron chi connectivity index (χ3n) is 6.14. The van der Waals surface area contributed by atoms with Crippen LogP contribution in [-0.2, 0) is 17.6 Å². The van der Waals surface area contributed by atoms with E-state index in [1.807, 2.05) is 17.0 Å². The molecule has 2 aliphatic heterocycles. The topological polar surface area (TPSA) is 29.5 Å². The molecule has 3 rings (SSSR count). The minimum atomic E-state index is -0.268. The van der Waals surface area contributed by atoms with Crippen LogP contribution in [0.4, 0.5) is 4.39 Å². The second-order valence-electron chi connectivity index (χ2n) is 7.92. The number of ether oxygens (including phenoxy) is 1. The Morgan fingerprint density at radius 2 is 1.90 bits per heavy atom. The lowest BCUT2D eigenvalue weighted by atomic mass is 9.84. The van der Waals surface area contributed by atoms with Crippen LogP contribution in [0.3, 0.4) is 0 Å². The highest BCUT2D eigenvalue weighted by molar-refractivity contribution is 5.94. The van der Waals surface area contributed by atoms with Crippen molar-refractivity contribution in [3.8, 4) is 0 Å². The minimum Gasteiger partial charge on any atom is -0.487 e. The number of benzene rings is 1. The highest BCUT2D eigenvalue weighted by Crippen LogP contribution is 2.37. The Kier molecular flexibility index (Phi) is 6.94. The molecular weight excluding hydrogens is 365 g/mol. The molecule has 2 heterocycles. The van der Waals surface area contributed by atoms with E-state index in [0.717, 1.165) is 49.8 Å². The van der Waals surface area contributed by atoms with E-state index >= 15 is 0 Å². The van der Waals surface area contributed by atoms with E-state index in [1.165, 1.54) is 23.3 Å². The second kappa shape index (κ2) is 9.43. The van der Waals surface area contributed by atoms with Gasteiger partial charge in [0.05, 0.1) is 0 Å². The number of likely N-dealkylation sites (tertiary alicyclic amines) is 1. The first kappa shape index (κ1) is 21.4. The van der Waals surface area contributed by atoms with Crippen LogP contribution in [0.1, 0.15) is 67.9 Å². The standard InChI is InChI=1S/C25H32FNO2/c1-4-19-9-10-21(18-20(19)5-2)24(28)27-16-14-25(15-17-27)13-7-8-23(29-25)12-11-22(26)6-3/h6,8-12,18H,4-5,7,13-17H2,1-3H3/b12-11-,22-6+. The van der Waals surface area contributed by atoms with Crippen molar-refractivity contribution in [2.45, 2.75) is 64.9 Å². The van der Waals surface area contributed by atoms with E-state index in [0.29, 0.717) is 13.1 Å². The molecule has 1 amide bonds. The molecule has 1 spiro atoms. The number of nitrogens with zero attached hydrogens (tertiary/aromatic N) is 1. The van der Waals surface area contributed by atoms with Gasteiger partial charge in [0, 0.05) is 31.5 Å². The molecule has 0 aliphatic carbocycles. The van der Waals surface area contributed by atoms with Crippen molar-refractivity contribution < 1.29 is 13.9 Å². The van der Waals surface area contributed by atoms with E-state index in [1.54, 1.807) is 13.0 Å². The minimum absolute atomic E-state index is 0.110. The van der Waals surface area contributed by atoms with Crippen LogP contribution >= 0.6 is 0 Å². The molecule has 156 valence electrons. The predicted octanol–water partition coefficient (Wildman–Crippen LogP) is 5.91. The lowest BCUT2D eigenvalue weighted by Gasteiger charge is -2.43. The quantitative estimate of drug-likeness (QED) is 0.578. The number of piperidine rings is 1. The molecule has 0 atom stereocenters. The first-order valence-electron chi connectivity index (χ1n) is 10.8. The summed E-state index contributed by atoms with van der Waals surface area (Å²) in [5, 5.41) is 0. The van der Waals surface area contributed by atoms with Gasteiger partial charge in [-0.2, -0.15) is 0 Å². The Hall–Kier alpha value is -2.36. The number of amides is 1. The fraction of sp³-hybridized carbons (Fsp3) is 0.480. The summed E-state index contributed by atoms with van der Waals surface area (Å²) >= 11 is 0. The normalized spacial score (nSPS) is 19.4. The van der Waals surface area contributed by atoms with Gasteiger partial charge in [0.2, 0.25) is 0 Å². The summed E-state index contributed by atoms with van der Waals surface area (Å²) in [6.07, 6.45) is 12.0. The Labute approximate surface area is 173 Å². The van der Waals surface area contributed by atoms with Gasteiger partial charge in [-0.3, -0.25) is 4.79 Å². The summed E-state index contributed by atoms with van der Waals surface area (Å²) < 4.78 is 19.6. The van der Waals surface area contributed by atoms with Crippen molar-refractivity contribution in [2.75, 3.05) is 13.1 Å². The molecule has 0 bridgehead atoms. The predicted molar refractivity (Wildman–Crippen MR) is 115 cm³/mol. The van der Waals surface area contributed by atoms with Crippen molar-refractivity contribution in [3.05, 3.63) is 70.8 Å². The van der Waals surface area contributed by atoms with Crippen LogP contribution in [0.2, 0.25) is 0 Å². The Balaban J connectivity index is 1.64. The van der Waals surface area contributed by atoms with Crippen LogP contribution in [0.15, 0.2) is 54.1 Å². The summed E-state index contributed by atoms with van der Waals surface area (Å²) in [5.41, 5.74) is 3.12. The third-order valence-corrected chi connectivity index (χ3v) is 6.14. The monoisotopic (exact) mass is 397 g/mol. The number of allylic oxidation sites excluding steroid dienone is 5. The number of carbonyl (C=O) groups excluding carboxylic acids is 1. The maximum Gasteiger partial charge on any atom is 0.253 e. The molecule has 4 heteroatoms. The zero-order valence-electron chi connectivity index (χ0n) is 17.8. The van der Waals surface area contributed by atoms with Crippen molar-refractivity contribution >= 4 is 5.91 Å². The molecule has 0 N–H and O–H groups in total. The maximum atomic E-state index is 13.4. The average Bonchev–Trinajstić information content (AvgIpc) is 2.77. The molecule has 29 heavy (non-hydrogen) atoms. The van der Waals surface area contributed by atoms with E-state index in [9.17, 15) is 9.18 Å². The van der Waals surface area contributed by atoms with Gasteiger partial charge in [0.15, 0.2) is 0 Å². The van der Waals surface area contributed by atoms with Crippen LogP contribution in [0.5, 0.6) is 0 Å². The molecule has 2 aliphatic rings. The molecule has 0 unspecified atom stereocenters. The highest BCUT2D eigenvalue weighted by Gasteiger charge is 2.39. The summed E-state index contributed by atoms with van der Waals surface area (Å²) in [5.74, 6) is 0.574. The van der Waals surface area contributed by atoms with Crippen molar-refractivity contribution in [2.24, 2.45) is 0 Å². The summed E-state index contributed by atoms with van der Waals surface area (Å²) in [4.78, 5) is 15.0. The van der Waals surface area contributed by atoms with Crippen molar-refractivity contribution in [3.63, 3.8) is 0 Å². The van der Waals surface area contributed by atoms with Crippen LogP contribution < -0.4 is 0 Å². The lowest BCUT2D eigenvalue weighted by molar-refractivity contribution is -0.0517. The summed E-state index contributed by atoms with van der Waals surface area (Å²) in [7, 11) is 0. The van der Waals surface area contributed by atoms with E-state index in [4.69, 9.17) is 4.74 Å². The highest BCUT2D eigenvalue weighted by atomic mass is 19.1. The van der Waals surface area contributed by atoms with Crippen molar-refractivity contribution in [1.29, 1.82) is 0 Å². The number of carbonyl (C=O) groups is 1. The van der Waals surface area contributed by atoms with Gasteiger partial charge >= 0.3 is 0 Å². The van der Waals surface area contributed by atoms with Gasteiger partial charge in [-0.25, -0.2) is 4.39 Å². The number of hydrogen-bond acceptors (Lipinski definition) is 2. The second-order valence-corrected chi connectivity index (χ2v) is 7.92. The van der Waals surface area contributed by atoms with Crippen LogP contribution in [0, 0.1) is 0 Å². The van der Waals surface area contributed by atoms with Gasteiger partial charge in [-0.1, -0.05) is 26.0 Å². The molecule has 1 aromatic rings. The molecule has 0 aromatic heterocycles. The lowest BCUT2D eigenvalue weighted by Crippen LogP contribution is -2.48. The summed E-state index contributed by atoms with van der Waals surface area (Å²) in [6.45, 7) is 7.33. The van der Waals surface area contributed by atoms with E-state index in [2.05, 4.69) is 26.0 Å². The SMILES string of the molecule is C/C=C(F)\C=C/C1=CCCC2(CCN(C(=O)c3ccc(CC)c(CC)c3)CC2)O1. The Morgan fingerprint density at radius 3 is 2.55 bits per heavy atom. The number of rotatable bonds is 5. The van der Waals surface area contributed by atoms with Crippen LogP contribution in [0.25, 0.3) is 0 Å². The fourth-order valence-electron chi connectivity index (χ4n) is 4.27. The van der Waals surface area contributed by atoms with Gasteiger partial charge in [-0.15, -0.1) is 0 Å². The van der Waals surface area contributed by atoms with E-state index < -0.39 is 0 Å². The maximum absolute atomic E-state index is 13.4. The molecule has 1 fully saturated rings. The zero-order valence-corrected chi connectivity index (χ0v) is 17.8. The smallest absolute Gasteiger partial charge is 0.253 e. The molecule has 1 aromatic carbocycles. The summed E-state index contributed by atoms with van der Waals surface area (Å²) in [6, 6.07) is 6.11. The molecule has 0 radical (unpaired) electrons. The number of hydrogen-bond donors (Lipinski definition) is 0. The third kappa shape index (κ3) is 4.98. The zero-order chi connectivity index (χ0) is 20.9. The fourth-order valence-corrected chi connectivity index (χ4v) is 4.27. The van der Waals surface area contributed by atoms with Gasteiger partial charge < -0.3 is 9.64 Å². The molecule has 0 saturated carbocycles. The Morgan fingerprint density at radius 1 is 1.17 bits per heavy atom. The van der Waals surface area contributed by atoms with Crippen LogP contribution in [-0.4, -0.2) is 29.5 Å². The largest absolute Gasteiger partial charge is 0.487 e. The number of aryl methyl sites for hydroxylation is 2. The molecule has 1 saturated heterocycles. The van der Waals surface area contributed by atoms with E-state index in [-0.39, 0.29) is 17.3 Å². The van der Waals surface area contributed by atoms with Gasteiger partial charge in [0.1, 0.15) is 17.2 Å². The molecule has 3 nitrogen and oxygen atoms in total. The molecular formula is C25H32FNO2. The van der Waals surface area contributed by atoms with Gasteiger partial charge in [0.25, 0.3) is 5.91 Å². The van der Waals surface area contributed by atoms with Gasteiger partial charge in [-0.05, 0) is 74.1 Å². The Bertz CT molecular complexity index is 829. The average molecular weight is 398 g/mol. The number of halogens is 1. The first-order chi connectivity index (χ1) is 14.0. The first-order valence-corrected chi connectivity index (χ1v) is 10.8. The van der Waals surface area contributed by atoms with Crippen molar-refractivity contribution in [1.82, 2.24) is 4.90 Å².